The Balaban J connectivity index is 1.79. The zero-order chi connectivity index (χ0) is 15.5. The highest BCUT2D eigenvalue weighted by molar-refractivity contribution is 9.10. The number of hydrogen-bond acceptors (Lipinski definition) is 5. The number of nitrogens with one attached hydrogen (secondary N) is 1. The van der Waals surface area contributed by atoms with E-state index in [1.54, 1.807) is 6.33 Å². The van der Waals surface area contributed by atoms with Gasteiger partial charge in [0.2, 0.25) is 0 Å². The van der Waals surface area contributed by atoms with E-state index in [0.717, 1.165) is 35.6 Å². The number of halogens is 1. The van der Waals surface area contributed by atoms with Gasteiger partial charge in [-0.2, -0.15) is 0 Å². The molecule has 1 aromatic carbocycles. The SMILES string of the molecule is C[C@@H](CO)Nc1cc(N2CCc3ccc(Br)cc3C2)ncn1. The van der Waals surface area contributed by atoms with Gasteiger partial charge in [0.05, 0.1) is 6.61 Å². The fourth-order valence-corrected chi connectivity index (χ4v) is 3.03. The molecule has 2 N–H and O–H groups in total. The molecule has 0 amide bonds. The van der Waals surface area contributed by atoms with Crippen LogP contribution in [0.3, 0.4) is 0 Å². The van der Waals surface area contributed by atoms with E-state index in [4.69, 9.17) is 5.11 Å². The van der Waals surface area contributed by atoms with Crippen molar-refractivity contribution in [2.45, 2.75) is 25.9 Å². The number of anilines is 2. The second-order valence-corrected chi connectivity index (χ2v) is 6.49. The van der Waals surface area contributed by atoms with Crippen LogP contribution in [-0.4, -0.2) is 34.3 Å². The summed E-state index contributed by atoms with van der Waals surface area (Å²) in [7, 11) is 0. The molecule has 0 fully saturated rings. The van der Waals surface area contributed by atoms with Crippen LogP contribution in [0.15, 0.2) is 35.1 Å². The Morgan fingerprint density at radius 2 is 2.18 bits per heavy atom. The van der Waals surface area contributed by atoms with Gasteiger partial charge in [-0.1, -0.05) is 22.0 Å². The minimum absolute atomic E-state index is 0.0270. The second kappa shape index (κ2) is 6.62. The summed E-state index contributed by atoms with van der Waals surface area (Å²) in [5.74, 6) is 1.65. The Labute approximate surface area is 138 Å². The first-order valence-electron chi connectivity index (χ1n) is 7.37. The Bertz CT molecular complexity index is 664. The Hall–Kier alpha value is -1.66. The van der Waals surface area contributed by atoms with Crippen LogP contribution in [0.25, 0.3) is 0 Å². The number of aliphatic hydroxyl groups excluding tert-OH is 1. The first-order chi connectivity index (χ1) is 10.7. The largest absolute Gasteiger partial charge is 0.394 e. The maximum absolute atomic E-state index is 9.13. The van der Waals surface area contributed by atoms with E-state index < -0.39 is 0 Å². The Morgan fingerprint density at radius 1 is 1.32 bits per heavy atom. The van der Waals surface area contributed by atoms with Crippen LogP contribution < -0.4 is 10.2 Å². The van der Waals surface area contributed by atoms with E-state index in [9.17, 15) is 0 Å². The predicted octanol–water partition coefficient (Wildman–Crippen LogP) is 2.59. The van der Waals surface area contributed by atoms with Gasteiger partial charge in [-0.05, 0) is 36.6 Å². The molecule has 0 bridgehead atoms. The molecular formula is C16H19BrN4O. The molecule has 0 saturated heterocycles. The maximum Gasteiger partial charge on any atom is 0.134 e. The molecule has 2 aromatic rings. The van der Waals surface area contributed by atoms with Crippen molar-refractivity contribution in [1.29, 1.82) is 0 Å². The van der Waals surface area contributed by atoms with Gasteiger partial charge in [-0.25, -0.2) is 9.97 Å². The molecule has 2 heterocycles. The lowest BCUT2D eigenvalue weighted by Gasteiger charge is -2.30. The van der Waals surface area contributed by atoms with E-state index in [2.05, 4.69) is 54.3 Å². The average molecular weight is 363 g/mol. The van der Waals surface area contributed by atoms with Crippen LogP contribution in [0.5, 0.6) is 0 Å². The van der Waals surface area contributed by atoms with Gasteiger partial charge in [-0.3, -0.25) is 0 Å². The van der Waals surface area contributed by atoms with Crippen molar-refractivity contribution in [3.63, 3.8) is 0 Å². The molecular weight excluding hydrogens is 344 g/mol. The van der Waals surface area contributed by atoms with E-state index in [1.165, 1.54) is 11.1 Å². The van der Waals surface area contributed by atoms with Gasteiger partial charge in [-0.15, -0.1) is 0 Å². The zero-order valence-electron chi connectivity index (χ0n) is 12.5. The van der Waals surface area contributed by atoms with Gasteiger partial charge in [0.15, 0.2) is 0 Å². The molecule has 0 saturated carbocycles. The van der Waals surface area contributed by atoms with Crippen molar-refractivity contribution in [1.82, 2.24) is 9.97 Å². The highest BCUT2D eigenvalue weighted by atomic mass is 79.9. The fraction of sp³-hybridized carbons (Fsp3) is 0.375. The highest BCUT2D eigenvalue weighted by Crippen LogP contribution is 2.26. The molecule has 1 atom stereocenters. The zero-order valence-corrected chi connectivity index (χ0v) is 14.0. The van der Waals surface area contributed by atoms with Crippen LogP contribution in [0.4, 0.5) is 11.6 Å². The first kappa shape index (κ1) is 15.2. The summed E-state index contributed by atoms with van der Waals surface area (Å²) in [5.41, 5.74) is 2.73. The summed E-state index contributed by atoms with van der Waals surface area (Å²) in [6, 6.07) is 8.37. The lowest BCUT2D eigenvalue weighted by atomic mass is 10.00. The van der Waals surface area contributed by atoms with Crippen LogP contribution in [0.1, 0.15) is 18.1 Å². The summed E-state index contributed by atoms with van der Waals surface area (Å²) < 4.78 is 1.11. The molecule has 0 spiro atoms. The third-order valence-corrected chi connectivity index (χ3v) is 4.32. The van der Waals surface area contributed by atoms with E-state index >= 15 is 0 Å². The third kappa shape index (κ3) is 3.39. The number of aliphatic hydroxyl groups is 1. The van der Waals surface area contributed by atoms with Crippen molar-refractivity contribution >= 4 is 27.6 Å². The lowest BCUT2D eigenvalue weighted by molar-refractivity contribution is 0.281. The molecule has 0 unspecified atom stereocenters. The van der Waals surface area contributed by atoms with Crippen molar-refractivity contribution in [3.05, 3.63) is 46.2 Å². The Morgan fingerprint density at radius 3 is 3.00 bits per heavy atom. The molecule has 0 aliphatic carbocycles. The minimum atomic E-state index is -0.0270. The summed E-state index contributed by atoms with van der Waals surface area (Å²) in [6.07, 6.45) is 2.58. The molecule has 0 radical (unpaired) electrons. The van der Waals surface area contributed by atoms with Crippen LogP contribution >= 0.6 is 15.9 Å². The Kier molecular flexibility index (Phi) is 4.59. The summed E-state index contributed by atoms with van der Waals surface area (Å²) >= 11 is 3.54. The standard InChI is InChI=1S/C16H19BrN4O/c1-11(9-22)20-15-7-16(19-10-18-15)21-5-4-12-2-3-14(17)6-13(12)8-21/h2-3,6-7,10-11,22H,4-5,8-9H2,1H3,(H,18,19,20)/t11-/m0/s1. The maximum atomic E-state index is 9.13. The average Bonchev–Trinajstić information content (AvgIpc) is 2.54. The highest BCUT2D eigenvalue weighted by Gasteiger charge is 2.18. The van der Waals surface area contributed by atoms with E-state index in [-0.39, 0.29) is 12.6 Å². The lowest BCUT2D eigenvalue weighted by Crippen LogP contribution is -2.31. The van der Waals surface area contributed by atoms with Gasteiger partial charge in [0.1, 0.15) is 18.0 Å². The molecule has 1 aromatic heterocycles. The molecule has 1 aliphatic rings. The van der Waals surface area contributed by atoms with Gasteiger partial charge >= 0.3 is 0 Å². The van der Waals surface area contributed by atoms with Crippen molar-refractivity contribution < 1.29 is 5.11 Å². The third-order valence-electron chi connectivity index (χ3n) is 3.83. The number of rotatable bonds is 4. The number of hydrogen-bond donors (Lipinski definition) is 2. The van der Waals surface area contributed by atoms with Crippen LogP contribution in [0, 0.1) is 0 Å². The van der Waals surface area contributed by atoms with E-state index in [1.807, 2.05) is 13.0 Å². The van der Waals surface area contributed by atoms with Crippen molar-refractivity contribution in [3.8, 4) is 0 Å². The van der Waals surface area contributed by atoms with Crippen molar-refractivity contribution in [2.24, 2.45) is 0 Å². The van der Waals surface area contributed by atoms with Crippen molar-refractivity contribution in [2.75, 3.05) is 23.4 Å². The molecule has 3 rings (SSSR count). The number of fused-ring (bicyclic) bond motifs is 1. The first-order valence-corrected chi connectivity index (χ1v) is 8.16. The normalized spacial score (nSPS) is 15.3. The fourth-order valence-electron chi connectivity index (χ4n) is 2.62. The monoisotopic (exact) mass is 362 g/mol. The summed E-state index contributed by atoms with van der Waals surface area (Å²) in [6.45, 7) is 3.78. The summed E-state index contributed by atoms with van der Waals surface area (Å²) in [5, 5.41) is 12.3. The molecule has 5 nitrogen and oxygen atoms in total. The molecule has 22 heavy (non-hydrogen) atoms. The topological polar surface area (TPSA) is 61.3 Å². The van der Waals surface area contributed by atoms with Gasteiger partial charge < -0.3 is 15.3 Å². The molecule has 1 aliphatic heterocycles. The van der Waals surface area contributed by atoms with Crippen LogP contribution in [0.2, 0.25) is 0 Å². The van der Waals surface area contributed by atoms with Gasteiger partial charge in [0, 0.05) is 29.7 Å². The summed E-state index contributed by atoms with van der Waals surface area (Å²) in [4.78, 5) is 10.9. The van der Waals surface area contributed by atoms with Gasteiger partial charge in [0.25, 0.3) is 0 Å². The van der Waals surface area contributed by atoms with Crippen LogP contribution in [-0.2, 0) is 13.0 Å². The quantitative estimate of drug-likeness (QED) is 0.875. The van der Waals surface area contributed by atoms with E-state index in [0.29, 0.717) is 0 Å². The number of aromatic nitrogens is 2. The predicted molar refractivity (Wildman–Crippen MR) is 91.1 cm³/mol. The smallest absolute Gasteiger partial charge is 0.134 e. The number of nitrogens with zero attached hydrogens (tertiary/aromatic N) is 3. The molecule has 116 valence electrons. The minimum Gasteiger partial charge on any atom is -0.394 e. The second-order valence-electron chi connectivity index (χ2n) is 5.57. The molecule has 6 heteroatoms. The number of benzene rings is 1.